The lowest BCUT2D eigenvalue weighted by molar-refractivity contribution is -0.133. The predicted molar refractivity (Wildman–Crippen MR) is 539 cm³/mol. The van der Waals surface area contributed by atoms with Gasteiger partial charge in [0.25, 0.3) is 61.1 Å². The average molecular weight is 1970 g/mol. The lowest BCUT2D eigenvalue weighted by Crippen LogP contribution is -2.40. The third-order valence-electron chi connectivity index (χ3n) is 21.0. The molecule has 7 aliphatic rings. The van der Waals surface area contributed by atoms with Gasteiger partial charge in [0, 0.05) is 75.1 Å². The number of aromatic amines is 2. The molecule has 0 aliphatic carbocycles. The number of benzene rings is 8. The molecule has 7 aliphatic heterocycles. The second kappa shape index (κ2) is 48.6. The van der Waals surface area contributed by atoms with Gasteiger partial charge >= 0.3 is 17.1 Å². The summed E-state index contributed by atoms with van der Waals surface area (Å²) in [5.74, 6) is -6.42. The topological polar surface area (TPSA) is 503 Å². The maximum Gasteiger partial charge on any atom is 0.317 e. The van der Waals surface area contributed by atoms with E-state index < -0.39 is 104 Å². The number of nitrogens with zero attached hydrogens (tertiary/aromatic N) is 15. The highest BCUT2D eigenvalue weighted by atomic mass is 35.5. The fourth-order valence-electron chi connectivity index (χ4n) is 12.9. The standard InChI is InChI=1S/C16H10BNO2.2C9H7BN2O2.C9H6BNO2.2C8H5BN2O2.C8H4BNO2.C6H6BNO2.C5H5BN2O2.C4BCl2NO2.C4H4BNO2.C4H2BNO2/c17-18-15(19)13(11-7-3-1-4-8-11)14(16(18)20)12-9-5-2-6-10-12;1-11-7-5-3-2-4-6(7)8(13)12(10)9(11)14;1-11-8(13)6-4-2-3-5-7(6)9(14)12(11)10;10-11-8(12)5-6-3-1-2-4-7(6)9(11)13;9-11-7(12)5-3-1-2-4-6(5)10-8(11)13;9-11-8(13)6-4-2-1-3-5(6)7(12)10-11;9-10-7(11)5-3-1-2-4-6(5)8(10)12;1-3-4(2)6(10)8(7)5(3)9;1-7-3-2-4(9)8(6)5(7)10;5-8-3(9)1(6)2(7)4(8)10;2*5-6-3(7)1-2-4(6)8/h1-10H;2*2-5H,1H3;1-4H,5H2;1-4H,(H,10,13);1-4H,(H,10,12);1-4H;1-2H3;2-3H,1H3;;1-2H2;1-2H. The average Bonchev–Trinajstić information content (AvgIpc) is 1.67. The third kappa shape index (κ3) is 25.1. The molecule has 8 aromatic carbocycles. The van der Waals surface area contributed by atoms with Gasteiger partial charge in [-0.3, -0.25) is 115 Å². The van der Waals surface area contributed by atoms with Crippen LogP contribution in [0.3, 0.4) is 0 Å². The molecule has 20 rings (SSSR count). The summed E-state index contributed by atoms with van der Waals surface area (Å²) in [6, 6.07) is 59.6. The van der Waals surface area contributed by atoms with E-state index in [0.717, 1.165) is 27.0 Å². The normalized spacial score (nSPS) is 14.1. The van der Waals surface area contributed by atoms with Crippen LogP contribution in [0.5, 0.6) is 0 Å². The number of carbonyl (C=O) groups is 14. The molecule has 145 heavy (non-hydrogen) atoms. The van der Waals surface area contributed by atoms with Gasteiger partial charge in [0.2, 0.25) is 156 Å². The first-order valence-electron chi connectivity index (χ1n) is 41.2. The number of para-hydroxylation sites is 2. The summed E-state index contributed by atoms with van der Waals surface area (Å²) < 4.78 is 6.88. The molecule has 41 nitrogen and oxygen atoms in total. The number of hydrogen-bond donors (Lipinski definition) is 2. The van der Waals surface area contributed by atoms with Crippen LogP contribution in [0.15, 0.2) is 300 Å². The number of hydrogen-bond acceptors (Lipinski definition) is 24. The molecule has 14 amide bonds. The minimum absolute atomic E-state index is 0.207. The van der Waals surface area contributed by atoms with Gasteiger partial charge in [-0.25, -0.2) is 14.4 Å². The van der Waals surface area contributed by atoms with Crippen LogP contribution in [0.1, 0.15) is 74.5 Å². The zero-order chi connectivity index (χ0) is 107. The first kappa shape index (κ1) is 111. The fourth-order valence-corrected chi connectivity index (χ4v) is 13.3. The molecule has 0 bridgehead atoms. The number of halogens is 2. The molecule has 2 N–H and O–H groups in total. The third-order valence-corrected chi connectivity index (χ3v) is 21.8. The number of aromatic nitrogens is 10. The van der Waals surface area contributed by atoms with Crippen LogP contribution in [0, 0.1) is 0 Å². The first-order chi connectivity index (χ1) is 68.4. The van der Waals surface area contributed by atoms with Gasteiger partial charge in [0.1, 0.15) is 10.1 Å². The number of imide groups is 7. The highest BCUT2D eigenvalue weighted by molar-refractivity contribution is 6.61. The van der Waals surface area contributed by atoms with Crippen LogP contribution in [0.4, 0.5) is 0 Å². The molecule has 24 radical (unpaired) electrons. The Morgan fingerprint density at radius 2 is 0.703 bits per heavy atom. The molecule has 0 spiro atoms. The van der Waals surface area contributed by atoms with Crippen molar-refractivity contribution in [1.82, 2.24) is 80.2 Å². The van der Waals surface area contributed by atoms with Crippen molar-refractivity contribution in [3.05, 3.63) is 389 Å². The summed E-state index contributed by atoms with van der Waals surface area (Å²) in [5.41, 5.74) is 1.56. The highest BCUT2D eigenvalue weighted by Crippen LogP contribution is 2.35. The van der Waals surface area contributed by atoms with Crippen LogP contribution in [-0.2, 0) is 80.3 Å². The second-order valence-corrected chi connectivity index (χ2v) is 30.8. The number of carbonyl (C=O) groups excluding carboxylic acids is 14. The summed E-state index contributed by atoms with van der Waals surface area (Å²) in [6.07, 6.45) is 4.38. The Morgan fingerprint density at radius 3 is 1.14 bits per heavy atom. The van der Waals surface area contributed by atoms with E-state index in [1.807, 2.05) is 36.4 Å². The second-order valence-electron chi connectivity index (χ2n) is 30.1. The van der Waals surface area contributed by atoms with Crippen molar-refractivity contribution >= 4 is 256 Å². The van der Waals surface area contributed by atoms with E-state index in [-0.39, 0.29) is 63.7 Å². The molecule has 0 atom stereocenters. The molecule has 12 heterocycles. The van der Waals surface area contributed by atoms with Gasteiger partial charge in [-0.15, -0.1) is 0 Å². The minimum atomic E-state index is -0.767. The quantitative estimate of drug-likeness (QED) is 0.137. The molecule has 55 heteroatoms. The molecule has 5 aromatic heterocycles. The van der Waals surface area contributed by atoms with Crippen LogP contribution in [0.25, 0.3) is 54.5 Å². The van der Waals surface area contributed by atoms with E-state index in [0.29, 0.717) is 145 Å². The Kier molecular flexibility index (Phi) is 37.2. The van der Waals surface area contributed by atoms with Crippen molar-refractivity contribution in [3.8, 4) is 0 Å². The van der Waals surface area contributed by atoms with Crippen molar-refractivity contribution in [2.75, 3.05) is 0 Å². The Labute approximate surface area is 842 Å². The Balaban J connectivity index is 0.000000177. The van der Waals surface area contributed by atoms with Gasteiger partial charge in [-0.1, -0.05) is 163 Å². The lowest BCUT2D eigenvalue weighted by atomic mass is 9.96. The van der Waals surface area contributed by atoms with Crippen molar-refractivity contribution in [2.45, 2.75) is 33.1 Å². The number of aryl methyl sites for hydroxylation is 2. The van der Waals surface area contributed by atoms with Gasteiger partial charge in [0.15, 0.2) is 0 Å². The number of amides is 14. The number of H-pyrrole nitrogens is 2. The summed E-state index contributed by atoms with van der Waals surface area (Å²) >= 11 is 10.5. The lowest BCUT2D eigenvalue weighted by Gasteiger charge is -2.23. The Morgan fingerprint density at radius 1 is 0.317 bits per heavy atom. The maximum absolute atomic E-state index is 12.2. The van der Waals surface area contributed by atoms with Crippen molar-refractivity contribution in [1.29, 1.82) is 0 Å². The smallest absolute Gasteiger partial charge is 0.317 e. The van der Waals surface area contributed by atoms with Crippen LogP contribution >= 0.6 is 23.2 Å². The van der Waals surface area contributed by atoms with E-state index in [2.05, 4.69) is 10.1 Å². The first-order valence-corrected chi connectivity index (χ1v) is 42.0. The zero-order valence-electron chi connectivity index (χ0n) is 76.3. The summed E-state index contributed by atoms with van der Waals surface area (Å²) in [4.78, 5) is 273. The monoisotopic (exact) mass is 1970 g/mol. The van der Waals surface area contributed by atoms with Crippen molar-refractivity contribution in [2.24, 2.45) is 21.1 Å². The van der Waals surface area contributed by atoms with E-state index in [4.69, 9.17) is 119 Å². The van der Waals surface area contributed by atoms with Gasteiger partial charge in [0.05, 0.1) is 72.0 Å². The molecular formula is C90H61B12Cl2N17O24. The highest BCUT2D eigenvalue weighted by Gasteiger charge is 2.38. The van der Waals surface area contributed by atoms with E-state index in [1.54, 1.807) is 191 Å². The summed E-state index contributed by atoms with van der Waals surface area (Å²) in [5, 5.41) is 3.83. The van der Waals surface area contributed by atoms with Crippen LogP contribution < -0.4 is 56.0 Å². The molecule has 0 unspecified atom stereocenters. The van der Waals surface area contributed by atoms with E-state index >= 15 is 0 Å². The number of fused-ring (bicyclic) bond motifs is 6. The van der Waals surface area contributed by atoms with Gasteiger partial charge in [-0.2, -0.15) is 0 Å². The largest absolute Gasteiger partial charge is 0.341 e. The molecule has 1 saturated heterocycles. The maximum atomic E-state index is 12.2. The SMILES string of the molecule is [B]N1C(=O)C(C)=C(C)C1=O.[B]N1C(=O)C(Cl)=C(Cl)C1=O.[B]N1C(=O)C(c2ccccc2)=C(c2ccccc2)C1=O.[B]N1C(=O)C=CC1=O.[B]N1C(=O)CCC1=O.[B]N1C(=O)Cc2ccccc2C1=O.[B]N1C(=O)c2ccccc2C1=O.[B]n1[nH]c(=O)c2ccccc2c1=O.[B]n1c(=O)[nH]c2ccccc2c1=O.[B]n1c(=O)c2ccccc2c(=O)n1C.[B]n1c(=O)c2ccccc2n(C)c1=O.[B]n1c(=O)ccn(C)c1=O. The number of rotatable bonds is 2. The molecule has 0 saturated carbocycles. The van der Waals surface area contributed by atoms with E-state index in [1.165, 1.54) is 35.5 Å². The number of nitrogens with one attached hydrogen (secondary N) is 2. The predicted octanol–water partition coefficient (Wildman–Crippen LogP) is -2.19. The summed E-state index contributed by atoms with van der Waals surface area (Å²) in [7, 11) is 66.7. The van der Waals surface area contributed by atoms with Gasteiger partial charge < -0.3 is 65.8 Å². The Bertz CT molecular complexity index is 8060. The van der Waals surface area contributed by atoms with Crippen molar-refractivity contribution in [3.63, 3.8) is 0 Å². The zero-order valence-corrected chi connectivity index (χ0v) is 77.8. The summed E-state index contributed by atoms with van der Waals surface area (Å²) in [6.45, 7) is 3.17. The minimum Gasteiger partial charge on any atom is -0.341 e. The molecule has 700 valence electrons. The fraction of sp³-hybridized carbons (Fsp3) is 0.0889. The molecule has 1 fully saturated rings. The Hall–Kier alpha value is -17.5. The van der Waals surface area contributed by atoms with E-state index in [9.17, 15) is 115 Å². The molecular weight excluding hydrogens is 1900 g/mol. The van der Waals surface area contributed by atoms with Crippen LogP contribution in [0.2, 0.25) is 0 Å². The van der Waals surface area contributed by atoms with Gasteiger partial charge in [-0.05, 0) is 97.3 Å². The van der Waals surface area contributed by atoms with Crippen molar-refractivity contribution < 1.29 is 67.1 Å². The molecule has 13 aromatic rings. The van der Waals surface area contributed by atoms with Crippen LogP contribution in [-0.4, -0.2) is 259 Å².